The molecule has 5 rings (SSSR count). The van der Waals surface area contributed by atoms with E-state index in [1.165, 1.54) is 11.3 Å². The number of alkyl halides is 1. The number of hydrogen-bond donors (Lipinski definition) is 2. The second-order valence-corrected chi connectivity index (χ2v) is 8.38. The SMILES string of the molecule is CCOc1c(F)c(Cl)c(-c2ccc3nc(NC(=O)[C@@H]4C[C@@H]4F)sc3c2)c2cn[nH]c12. The van der Waals surface area contributed by atoms with Crippen LogP contribution in [0.1, 0.15) is 13.3 Å². The van der Waals surface area contributed by atoms with Gasteiger partial charge in [0.25, 0.3) is 0 Å². The van der Waals surface area contributed by atoms with E-state index >= 15 is 0 Å². The molecule has 2 aromatic carbocycles. The van der Waals surface area contributed by atoms with Gasteiger partial charge in [-0.15, -0.1) is 0 Å². The molecule has 1 saturated carbocycles. The molecule has 154 valence electrons. The Morgan fingerprint density at radius 2 is 2.27 bits per heavy atom. The number of aromatic amines is 1. The number of hydrogen-bond acceptors (Lipinski definition) is 5. The zero-order chi connectivity index (χ0) is 21.0. The van der Waals surface area contributed by atoms with Gasteiger partial charge in [-0.25, -0.2) is 13.8 Å². The van der Waals surface area contributed by atoms with Crippen LogP contribution in [0.4, 0.5) is 13.9 Å². The minimum absolute atomic E-state index is 0.0360. The third-order valence-corrected chi connectivity index (χ3v) is 6.28. The highest BCUT2D eigenvalue weighted by molar-refractivity contribution is 7.22. The molecular formula is C20H15ClF2N4O2S. The molecule has 4 aromatic rings. The van der Waals surface area contributed by atoms with Crippen molar-refractivity contribution in [1.29, 1.82) is 0 Å². The number of thiazole rings is 1. The summed E-state index contributed by atoms with van der Waals surface area (Å²) in [6.45, 7) is 2.04. The summed E-state index contributed by atoms with van der Waals surface area (Å²) in [6, 6.07) is 5.37. The quantitative estimate of drug-likeness (QED) is 0.432. The number of anilines is 1. The Bertz CT molecular complexity index is 1310. The molecule has 10 heteroatoms. The lowest BCUT2D eigenvalue weighted by molar-refractivity contribution is -0.117. The number of halogens is 3. The highest BCUT2D eigenvalue weighted by Gasteiger charge is 2.43. The van der Waals surface area contributed by atoms with Crippen LogP contribution in [0.15, 0.2) is 24.4 Å². The van der Waals surface area contributed by atoms with Crippen molar-refractivity contribution in [3.63, 3.8) is 0 Å². The first kappa shape index (κ1) is 19.2. The number of rotatable bonds is 5. The van der Waals surface area contributed by atoms with E-state index in [2.05, 4.69) is 20.5 Å². The smallest absolute Gasteiger partial charge is 0.232 e. The van der Waals surface area contributed by atoms with E-state index < -0.39 is 17.9 Å². The van der Waals surface area contributed by atoms with Gasteiger partial charge in [0.05, 0.1) is 34.0 Å². The summed E-state index contributed by atoms with van der Waals surface area (Å²) in [6.07, 6.45) is 0.757. The van der Waals surface area contributed by atoms with Gasteiger partial charge in [-0.1, -0.05) is 29.0 Å². The molecule has 1 fully saturated rings. The van der Waals surface area contributed by atoms with Gasteiger partial charge in [0.15, 0.2) is 16.7 Å². The molecule has 6 nitrogen and oxygen atoms in total. The minimum atomic E-state index is -1.07. The summed E-state index contributed by atoms with van der Waals surface area (Å²) < 4.78 is 34.2. The summed E-state index contributed by atoms with van der Waals surface area (Å²) >= 11 is 7.64. The molecule has 1 aliphatic carbocycles. The Kier molecular flexibility index (Phi) is 4.59. The fraction of sp³-hybridized carbons (Fsp3) is 0.250. The van der Waals surface area contributed by atoms with Crippen molar-refractivity contribution in [2.45, 2.75) is 19.5 Å². The molecule has 30 heavy (non-hydrogen) atoms. The molecule has 0 spiro atoms. The summed E-state index contributed by atoms with van der Waals surface area (Å²) in [5.41, 5.74) is 2.25. The zero-order valence-corrected chi connectivity index (χ0v) is 17.2. The largest absolute Gasteiger partial charge is 0.489 e. The van der Waals surface area contributed by atoms with Crippen LogP contribution in [0.25, 0.3) is 32.2 Å². The summed E-state index contributed by atoms with van der Waals surface area (Å²) in [5, 5.41) is 10.4. The lowest BCUT2D eigenvalue weighted by Crippen LogP contribution is -2.14. The van der Waals surface area contributed by atoms with Crippen molar-refractivity contribution < 1.29 is 18.3 Å². The Labute approximate surface area is 178 Å². The third kappa shape index (κ3) is 3.09. The topological polar surface area (TPSA) is 79.9 Å². The molecule has 2 aromatic heterocycles. The number of aromatic nitrogens is 3. The van der Waals surface area contributed by atoms with Gasteiger partial charge in [0.1, 0.15) is 11.7 Å². The minimum Gasteiger partial charge on any atom is -0.489 e. The second-order valence-electron chi connectivity index (χ2n) is 6.97. The number of H-pyrrole nitrogens is 1. The standard InChI is InChI=1S/C20H15ClF2N4O2S/c1-2-29-18-16(23)15(21)14(10-7-24-27-17(10)18)8-3-4-12-13(5-8)30-20(25-12)26-19(28)9-6-11(9)22/h3-5,7,9,11H,2,6H2,1H3,(H,24,27)(H,25,26,28)/t9-,11+/m1/s1. The molecule has 0 saturated heterocycles. The highest BCUT2D eigenvalue weighted by atomic mass is 35.5. The molecule has 0 aliphatic heterocycles. The van der Waals surface area contributed by atoms with E-state index in [0.29, 0.717) is 32.7 Å². The number of amides is 1. The Hall–Kier alpha value is -2.78. The maximum absolute atomic E-state index is 14.9. The molecule has 1 aliphatic rings. The first-order valence-electron chi connectivity index (χ1n) is 9.30. The summed E-state index contributed by atoms with van der Waals surface area (Å²) in [4.78, 5) is 16.3. The van der Waals surface area contributed by atoms with E-state index in [1.54, 1.807) is 25.3 Å². The molecule has 2 N–H and O–H groups in total. The van der Waals surface area contributed by atoms with Gasteiger partial charge in [0, 0.05) is 10.9 Å². The molecule has 0 bridgehead atoms. The lowest BCUT2D eigenvalue weighted by Gasteiger charge is -2.12. The van der Waals surface area contributed by atoms with Crippen LogP contribution in [0.5, 0.6) is 5.75 Å². The van der Waals surface area contributed by atoms with Gasteiger partial charge < -0.3 is 10.1 Å². The molecule has 2 atom stereocenters. The molecule has 0 unspecified atom stereocenters. The van der Waals surface area contributed by atoms with E-state index in [-0.39, 0.29) is 29.7 Å². The average molecular weight is 449 g/mol. The molecule has 2 heterocycles. The summed E-state index contributed by atoms with van der Waals surface area (Å²) in [7, 11) is 0. The zero-order valence-electron chi connectivity index (χ0n) is 15.6. The van der Waals surface area contributed by atoms with Gasteiger partial charge >= 0.3 is 0 Å². The molecule has 0 radical (unpaired) electrons. The Balaban J connectivity index is 1.57. The maximum Gasteiger partial charge on any atom is 0.232 e. The number of benzene rings is 2. The van der Waals surface area contributed by atoms with Crippen molar-refractivity contribution in [3.8, 4) is 16.9 Å². The van der Waals surface area contributed by atoms with Gasteiger partial charge in [0.2, 0.25) is 5.91 Å². The van der Waals surface area contributed by atoms with E-state index in [4.69, 9.17) is 16.3 Å². The molecular weight excluding hydrogens is 434 g/mol. The number of nitrogens with zero attached hydrogens (tertiary/aromatic N) is 2. The number of nitrogens with one attached hydrogen (secondary N) is 2. The molecule has 1 amide bonds. The van der Waals surface area contributed by atoms with Crippen LogP contribution in [0.3, 0.4) is 0 Å². The fourth-order valence-corrected chi connectivity index (χ4v) is 4.62. The van der Waals surface area contributed by atoms with Crippen LogP contribution in [-0.4, -0.2) is 33.9 Å². The van der Waals surface area contributed by atoms with Crippen LogP contribution in [0.2, 0.25) is 5.02 Å². The third-order valence-electron chi connectivity index (χ3n) is 4.99. The monoisotopic (exact) mass is 448 g/mol. The van der Waals surface area contributed by atoms with Crippen LogP contribution >= 0.6 is 22.9 Å². The van der Waals surface area contributed by atoms with E-state index in [9.17, 15) is 13.6 Å². The first-order valence-corrected chi connectivity index (χ1v) is 10.5. The second kappa shape index (κ2) is 7.17. The van der Waals surface area contributed by atoms with Crippen LogP contribution in [-0.2, 0) is 4.79 Å². The summed E-state index contributed by atoms with van der Waals surface area (Å²) in [5.74, 6) is -1.58. The highest BCUT2D eigenvalue weighted by Crippen LogP contribution is 2.43. The predicted molar refractivity (Wildman–Crippen MR) is 112 cm³/mol. The van der Waals surface area contributed by atoms with Gasteiger partial charge in [-0.05, 0) is 31.0 Å². The number of carbonyl (C=O) groups is 1. The van der Waals surface area contributed by atoms with Crippen molar-refractivity contribution in [3.05, 3.63) is 35.2 Å². The van der Waals surface area contributed by atoms with Crippen molar-refractivity contribution in [2.75, 3.05) is 11.9 Å². The van der Waals surface area contributed by atoms with Gasteiger partial charge in [-0.3, -0.25) is 9.89 Å². The first-order chi connectivity index (χ1) is 14.5. The maximum atomic E-state index is 14.9. The Morgan fingerprint density at radius 1 is 1.47 bits per heavy atom. The van der Waals surface area contributed by atoms with Crippen LogP contribution in [0, 0.1) is 11.7 Å². The number of ether oxygens (including phenoxy) is 1. The lowest BCUT2D eigenvalue weighted by atomic mass is 10.0. The van der Waals surface area contributed by atoms with E-state index in [1.807, 2.05) is 6.07 Å². The van der Waals surface area contributed by atoms with Gasteiger partial charge in [-0.2, -0.15) is 5.10 Å². The Morgan fingerprint density at radius 3 is 3.00 bits per heavy atom. The normalized spacial score (nSPS) is 18.1. The van der Waals surface area contributed by atoms with Crippen molar-refractivity contribution >= 4 is 55.1 Å². The van der Waals surface area contributed by atoms with Crippen molar-refractivity contribution in [2.24, 2.45) is 5.92 Å². The fourth-order valence-electron chi connectivity index (χ4n) is 3.42. The van der Waals surface area contributed by atoms with E-state index in [0.717, 1.165) is 4.70 Å². The van der Waals surface area contributed by atoms with Crippen molar-refractivity contribution in [1.82, 2.24) is 15.2 Å². The predicted octanol–water partition coefficient (Wildman–Crippen LogP) is 5.33. The van der Waals surface area contributed by atoms with Crippen LogP contribution < -0.4 is 10.1 Å². The number of carbonyl (C=O) groups excluding carboxylic acids is 1. The average Bonchev–Trinajstić information content (AvgIpc) is 3.11. The number of fused-ring (bicyclic) bond motifs is 2.